The van der Waals surface area contributed by atoms with Gasteiger partial charge in [-0.05, 0) is 13.8 Å². The number of aromatic nitrogens is 2. The molecular weight excluding hydrogens is 262 g/mol. The van der Waals surface area contributed by atoms with Gasteiger partial charge >= 0.3 is 0 Å². The Bertz CT molecular complexity index is 561. The van der Waals surface area contributed by atoms with Crippen molar-refractivity contribution < 1.29 is 15.1 Å². The lowest BCUT2D eigenvalue weighted by atomic mass is 9.93. The zero-order valence-corrected chi connectivity index (χ0v) is 11.1. The van der Waals surface area contributed by atoms with Crippen molar-refractivity contribution >= 4 is 5.78 Å². The van der Waals surface area contributed by atoms with E-state index in [-0.39, 0.29) is 5.78 Å². The Kier molecular flexibility index (Phi) is 4.96. The predicted molar refractivity (Wildman–Crippen MR) is 71.1 cm³/mol. The fraction of sp³-hybridized carbons (Fsp3) is 0.231. The molecule has 7 heteroatoms. The Morgan fingerprint density at radius 2 is 1.90 bits per heavy atom. The van der Waals surface area contributed by atoms with Crippen molar-refractivity contribution in [2.75, 3.05) is 0 Å². The first-order valence-electron chi connectivity index (χ1n) is 5.77. The quantitative estimate of drug-likeness (QED) is 0.526. The van der Waals surface area contributed by atoms with E-state index in [0.29, 0.717) is 0 Å². The minimum Gasteiger partial charge on any atom is -0.328 e. The number of rotatable bonds is 3. The first-order valence-corrected chi connectivity index (χ1v) is 5.77. The topological polar surface area (TPSA) is 98.3 Å². The van der Waals surface area contributed by atoms with E-state index in [0.717, 1.165) is 5.56 Å². The molecule has 20 heavy (non-hydrogen) atoms. The first-order chi connectivity index (χ1) is 9.35. The molecule has 1 N–H and O–H groups in total. The number of hydrogen-bond acceptors (Lipinski definition) is 4. The van der Waals surface area contributed by atoms with Crippen LogP contribution in [0.25, 0.3) is 0 Å². The first kappa shape index (κ1) is 15.4. The van der Waals surface area contributed by atoms with E-state index in [1.807, 2.05) is 48.7 Å². The molecule has 2 aromatic rings. The molecule has 0 atom stereocenters. The number of Topliss-reactive ketones (excluding diaryl/α,β-unsaturated/α-hetero) is 1. The van der Waals surface area contributed by atoms with Gasteiger partial charge in [0.15, 0.2) is 5.78 Å². The third-order valence-corrected chi connectivity index (χ3v) is 2.74. The third kappa shape index (κ3) is 3.91. The van der Waals surface area contributed by atoms with E-state index in [1.54, 1.807) is 18.7 Å². The maximum atomic E-state index is 12.3. The van der Waals surface area contributed by atoms with E-state index < -0.39 is 10.6 Å². The van der Waals surface area contributed by atoms with Gasteiger partial charge in [0.1, 0.15) is 5.54 Å². The molecule has 0 aliphatic carbocycles. The van der Waals surface area contributed by atoms with Gasteiger partial charge in [-0.3, -0.25) is 4.79 Å². The van der Waals surface area contributed by atoms with Crippen molar-refractivity contribution in [1.82, 2.24) is 9.55 Å². The van der Waals surface area contributed by atoms with Crippen LogP contribution in [0.3, 0.4) is 0 Å². The second-order valence-electron chi connectivity index (χ2n) is 4.46. The molecule has 0 aliphatic rings. The molecule has 106 valence electrons. The summed E-state index contributed by atoms with van der Waals surface area (Å²) >= 11 is 0. The molecular formula is C13H15N3O4. The molecule has 0 amide bonds. The normalized spacial score (nSPS) is 10.3. The SMILES string of the molecule is CC(C)(C(=O)c1ccccc1)n1ccnc1.O=[N+]([O-])O. The Balaban J connectivity index is 0.000000444. The van der Waals surface area contributed by atoms with Gasteiger partial charge in [-0.25, -0.2) is 4.98 Å². The standard InChI is InChI=1S/C13H14N2O.HNO3/c1-13(2,15-9-8-14-10-15)12(16)11-6-4-3-5-7-11;2-1(3)4/h3-10H,1-2H3;(H,2,3,4). The van der Waals surface area contributed by atoms with Gasteiger partial charge in [0.05, 0.1) is 6.33 Å². The Morgan fingerprint density at radius 1 is 1.35 bits per heavy atom. The molecule has 1 aromatic heterocycles. The van der Waals surface area contributed by atoms with Crippen molar-refractivity contribution in [3.63, 3.8) is 0 Å². The summed E-state index contributed by atoms with van der Waals surface area (Å²) in [5.74, 6) is 0.0890. The van der Waals surface area contributed by atoms with E-state index in [4.69, 9.17) is 15.3 Å². The van der Waals surface area contributed by atoms with Crippen LogP contribution in [-0.4, -0.2) is 25.6 Å². The zero-order chi connectivity index (χ0) is 15.2. The van der Waals surface area contributed by atoms with Crippen LogP contribution >= 0.6 is 0 Å². The van der Waals surface area contributed by atoms with Crippen molar-refractivity contribution in [1.29, 1.82) is 0 Å². The van der Waals surface area contributed by atoms with Gasteiger partial charge in [0.2, 0.25) is 0 Å². The maximum Gasteiger partial charge on any atom is 0.291 e. The van der Waals surface area contributed by atoms with Gasteiger partial charge in [-0.2, -0.15) is 0 Å². The summed E-state index contributed by atoms with van der Waals surface area (Å²) in [7, 11) is 0. The number of carbonyl (C=O) groups is 1. The molecule has 0 unspecified atom stereocenters. The number of nitrogens with zero attached hydrogens (tertiary/aromatic N) is 3. The molecule has 1 heterocycles. The highest BCUT2D eigenvalue weighted by atomic mass is 16.9. The highest BCUT2D eigenvalue weighted by Gasteiger charge is 2.29. The van der Waals surface area contributed by atoms with Crippen LogP contribution in [-0.2, 0) is 5.54 Å². The zero-order valence-electron chi connectivity index (χ0n) is 11.1. The van der Waals surface area contributed by atoms with Crippen LogP contribution < -0.4 is 0 Å². The highest BCUT2D eigenvalue weighted by molar-refractivity contribution is 6.01. The number of ketones is 1. The predicted octanol–water partition coefficient (Wildman–Crippen LogP) is 2.15. The van der Waals surface area contributed by atoms with E-state index in [9.17, 15) is 4.79 Å². The summed E-state index contributed by atoms with van der Waals surface area (Å²) in [6.45, 7) is 3.79. The van der Waals surface area contributed by atoms with Gasteiger partial charge < -0.3 is 9.77 Å². The fourth-order valence-corrected chi connectivity index (χ4v) is 1.65. The fourth-order valence-electron chi connectivity index (χ4n) is 1.65. The number of imidazole rings is 1. The minimum atomic E-state index is -1.50. The largest absolute Gasteiger partial charge is 0.328 e. The Labute approximate surface area is 115 Å². The Hall–Kier alpha value is -2.70. The number of carbonyl (C=O) groups excluding carboxylic acids is 1. The van der Waals surface area contributed by atoms with E-state index in [1.165, 1.54) is 0 Å². The molecule has 0 bridgehead atoms. The average Bonchev–Trinajstić information content (AvgIpc) is 2.93. The molecule has 0 saturated heterocycles. The number of hydrogen-bond donors (Lipinski definition) is 1. The second kappa shape index (κ2) is 6.46. The van der Waals surface area contributed by atoms with Gasteiger partial charge in [0.25, 0.3) is 5.09 Å². The second-order valence-corrected chi connectivity index (χ2v) is 4.46. The third-order valence-electron chi connectivity index (χ3n) is 2.74. The van der Waals surface area contributed by atoms with Crippen LogP contribution in [0.15, 0.2) is 49.1 Å². The molecule has 0 aliphatic heterocycles. The number of benzene rings is 1. The lowest BCUT2D eigenvalue weighted by Gasteiger charge is -2.24. The van der Waals surface area contributed by atoms with Crippen LogP contribution in [0, 0.1) is 10.1 Å². The smallest absolute Gasteiger partial charge is 0.291 e. The summed E-state index contributed by atoms with van der Waals surface area (Å²) in [5.41, 5.74) is 0.124. The summed E-state index contributed by atoms with van der Waals surface area (Å²) < 4.78 is 1.82. The van der Waals surface area contributed by atoms with Gasteiger partial charge in [0, 0.05) is 18.0 Å². The summed E-state index contributed by atoms with van der Waals surface area (Å²) in [6.07, 6.45) is 5.15. The summed E-state index contributed by atoms with van der Waals surface area (Å²) in [4.78, 5) is 24.7. The summed E-state index contributed by atoms with van der Waals surface area (Å²) in [6, 6.07) is 9.32. The van der Waals surface area contributed by atoms with Crippen molar-refractivity contribution in [2.24, 2.45) is 0 Å². The molecule has 1 aromatic carbocycles. The lowest BCUT2D eigenvalue weighted by molar-refractivity contribution is -0.742. The molecule has 2 rings (SSSR count). The molecule has 0 radical (unpaired) electrons. The molecule has 0 spiro atoms. The van der Waals surface area contributed by atoms with Crippen molar-refractivity contribution in [2.45, 2.75) is 19.4 Å². The van der Waals surface area contributed by atoms with Crippen LogP contribution in [0.5, 0.6) is 0 Å². The van der Waals surface area contributed by atoms with E-state index >= 15 is 0 Å². The molecule has 0 saturated carbocycles. The van der Waals surface area contributed by atoms with Crippen molar-refractivity contribution in [3.8, 4) is 0 Å². The molecule has 7 nitrogen and oxygen atoms in total. The van der Waals surface area contributed by atoms with E-state index in [2.05, 4.69) is 4.98 Å². The lowest BCUT2D eigenvalue weighted by Crippen LogP contribution is -2.35. The van der Waals surface area contributed by atoms with Crippen LogP contribution in [0.4, 0.5) is 0 Å². The van der Waals surface area contributed by atoms with Crippen LogP contribution in [0.2, 0.25) is 0 Å². The van der Waals surface area contributed by atoms with Gasteiger partial charge in [-0.1, -0.05) is 30.3 Å². The monoisotopic (exact) mass is 277 g/mol. The van der Waals surface area contributed by atoms with Crippen molar-refractivity contribution in [3.05, 3.63) is 64.7 Å². The maximum absolute atomic E-state index is 12.3. The van der Waals surface area contributed by atoms with Gasteiger partial charge in [-0.15, -0.1) is 10.1 Å². The minimum absolute atomic E-state index is 0.0890. The van der Waals surface area contributed by atoms with Crippen LogP contribution in [0.1, 0.15) is 24.2 Å². The Morgan fingerprint density at radius 3 is 2.35 bits per heavy atom. The summed E-state index contributed by atoms with van der Waals surface area (Å²) in [5, 5.41) is 13.6. The molecule has 0 fully saturated rings. The average molecular weight is 277 g/mol. The highest BCUT2D eigenvalue weighted by Crippen LogP contribution is 2.20.